The monoisotopic (exact) mass is 838 g/mol. The van der Waals surface area contributed by atoms with Gasteiger partial charge in [-0.2, -0.15) is 10.2 Å². The average molecular weight is 839 g/mol. The molecule has 0 saturated carbocycles. The van der Waals surface area contributed by atoms with Gasteiger partial charge in [0.25, 0.3) is 14.1 Å². The Balaban J connectivity index is 1.53. The van der Waals surface area contributed by atoms with E-state index >= 15 is 0 Å². The van der Waals surface area contributed by atoms with Crippen LogP contribution in [0.1, 0.15) is 70.9 Å². The maximum atomic E-state index is 13.4. The highest BCUT2D eigenvalue weighted by molar-refractivity contribution is 7.44. The van der Waals surface area contributed by atoms with Crippen LogP contribution in [0.2, 0.25) is 0 Å². The lowest BCUT2D eigenvalue weighted by Crippen LogP contribution is -2.57. The lowest BCUT2D eigenvalue weighted by Gasteiger charge is -2.50. The number of methoxy groups -OCH3 is 2. The topological polar surface area (TPSA) is 169 Å². The molecule has 1 amide bonds. The molecule has 15 nitrogen and oxygen atoms in total. The Labute approximate surface area is 352 Å². The molecule has 0 bridgehead atoms. The van der Waals surface area contributed by atoms with Crippen molar-refractivity contribution >= 4 is 31.5 Å². The number of nitrogens with zero attached hydrogens (tertiary/aromatic N) is 6. The van der Waals surface area contributed by atoms with Gasteiger partial charge in [0.1, 0.15) is 17.7 Å². The summed E-state index contributed by atoms with van der Waals surface area (Å²) in [6.45, 7) is 12.9. The van der Waals surface area contributed by atoms with Crippen LogP contribution < -0.4 is 20.3 Å². The van der Waals surface area contributed by atoms with Crippen molar-refractivity contribution in [3.05, 3.63) is 112 Å². The summed E-state index contributed by atoms with van der Waals surface area (Å²) in [5, 5.41) is 12.1. The fourth-order valence-corrected chi connectivity index (χ4v) is 9.28. The Morgan fingerprint density at radius 1 is 0.933 bits per heavy atom. The number of imidazole rings is 1. The first-order valence-electron chi connectivity index (χ1n) is 20.1. The van der Waals surface area contributed by atoms with Crippen LogP contribution in [0.15, 0.2) is 90.0 Å². The number of rotatable bonds is 18. The van der Waals surface area contributed by atoms with Gasteiger partial charge in [0, 0.05) is 31.1 Å². The molecule has 1 unspecified atom stereocenters. The van der Waals surface area contributed by atoms with E-state index in [1.54, 1.807) is 39.0 Å². The third-order valence-corrected chi connectivity index (χ3v) is 12.4. The second-order valence-corrected chi connectivity index (χ2v) is 16.8. The first-order valence-corrected chi connectivity index (χ1v) is 21.3. The maximum Gasteiger partial charge on any atom is 0.280 e. The molecule has 0 spiro atoms. The molecule has 60 heavy (non-hydrogen) atoms. The molecule has 0 radical (unpaired) electrons. The third kappa shape index (κ3) is 9.55. The lowest BCUT2D eigenvalue weighted by atomic mass is 9.75. The number of ether oxygens (including phenoxy) is 3. The molecule has 16 heteroatoms. The van der Waals surface area contributed by atoms with Gasteiger partial charge in [-0.1, -0.05) is 68.4 Å². The summed E-state index contributed by atoms with van der Waals surface area (Å²) in [7, 11) is 1.70. The third-order valence-electron chi connectivity index (χ3n) is 10.4. The Hall–Kier alpha value is -5.20. The normalized spacial score (nSPS) is 16.7. The van der Waals surface area contributed by atoms with Gasteiger partial charge in [0.05, 0.1) is 57.9 Å². The lowest BCUT2D eigenvalue weighted by molar-refractivity contribution is -0.146. The molecule has 1 saturated heterocycles. The van der Waals surface area contributed by atoms with Crippen molar-refractivity contribution in [3.63, 3.8) is 0 Å². The number of carbonyl (C=O) groups excluding carboxylic acids is 1. The smallest absolute Gasteiger partial charge is 0.280 e. The quantitative estimate of drug-likeness (QED) is 0.0517. The summed E-state index contributed by atoms with van der Waals surface area (Å²) >= 11 is 0. The first-order chi connectivity index (χ1) is 28.9. The van der Waals surface area contributed by atoms with E-state index in [0.717, 1.165) is 16.7 Å². The van der Waals surface area contributed by atoms with Gasteiger partial charge in [-0.15, -0.1) is 0 Å². The molecule has 3 aromatic carbocycles. The zero-order valence-corrected chi connectivity index (χ0v) is 36.4. The molecule has 3 atom stereocenters. The number of benzene rings is 3. The van der Waals surface area contributed by atoms with Gasteiger partial charge in [-0.25, -0.2) is 9.65 Å². The first kappa shape index (κ1) is 44.4. The van der Waals surface area contributed by atoms with E-state index < -0.39 is 32.0 Å². The van der Waals surface area contributed by atoms with Gasteiger partial charge >= 0.3 is 0 Å². The number of hydrogen-bond donors (Lipinski definition) is 2. The Kier molecular flexibility index (Phi) is 14.7. The number of aromatic nitrogens is 4. The zero-order valence-electron chi connectivity index (χ0n) is 35.5. The Morgan fingerprint density at radius 2 is 1.53 bits per heavy atom. The molecule has 2 N–H and O–H groups in total. The molecule has 6 rings (SSSR count). The molecule has 1 fully saturated rings. The molecular weight excluding hydrogens is 784 g/mol. The van der Waals surface area contributed by atoms with Gasteiger partial charge in [0.15, 0.2) is 11.2 Å². The van der Waals surface area contributed by atoms with Crippen LogP contribution in [0.3, 0.4) is 0 Å². The van der Waals surface area contributed by atoms with E-state index in [0.29, 0.717) is 24.6 Å². The highest BCUT2D eigenvalue weighted by Gasteiger charge is 2.47. The molecule has 5 aromatic rings. The van der Waals surface area contributed by atoms with E-state index in [9.17, 15) is 14.9 Å². The second kappa shape index (κ2) is 19.9. The highest BCUT2D eigenvalue weighted by atomic mass is 31.2. The average Bonchev–Trinajstić information content (AvgIpc) is 3.68. The highest BCUT2D eigenvalue weighted by Crippen LogP contribution is 2.48. The molecule has 318 valence electrons. The molecule has 3 heterocycles. The fourth-order valence-electron chi connectivity index (χ4n) is 7.65. The van der Waals surface area contributed by atoms with E-state index in [4.69, 9.17) is 28.2 Å². The van der Waals surface area contributed by atoms with Crippen LogP contribution in [0.25, 0.3) is 11.2 Å². The summed E-state index contributed by atoms with van der Waals surface area (Å²) in [4.78, 5) is 40.3. The Bertz CT molecular complexity index is 2220. The van der Waals surface area contributed by atoms with Crippen LogP contribution in [0, 0.1) is 17.2 Å². The second-order valence-electron chi connectivity index (χ2n) is 15.4. The van der Waals surface area contributed by atoms with Crippen LogP contribution in [-0.2, 0) is 24.1 Å². The van der Waals surface area contributed by atoms with E-state index in [1.165, 1.54) is 0 Å². The maximum absolute atomic E-state index is 13.4. The predicted octanol–water partition coefficient (Wildman–Crippen LogP) is 7.22. The number of fused-ring (bicyclic) bond motifs is 1. The van der Waals surface area contributed by atoms with Crippen molar-refractivity contribution in [2.24, 2.45) is 5.92 Å². The van der Waals surface area contributed by atoms with Crippen LogP contribution in [0.5, 0.6) is 11.5 Å². The molecular formula is C44H55N8O7P. The van der Waals surface area contributed by atoms with Gasteiger partial charge in [-0.05, 0) is 68.7 Å². The van der Waals surface area contributed by atoms with E-state index in [1.807, 2.05) is 42.5 Å². The van der Waals surface area contributed by atoms with Crippen molar-refractivity contribution < 1.29 is 28.1 Å². The van der Waals surface area contributed by atoms with Crippen LogP contribution in [0.4, 0.5) is 5.95 Å². The fraction of sp³-hybridized carbons (Fsp3) is 0.432. The number of nitriles is 1. The van der Waals surface area contributed by atoms with Crippen molar-refractivity contribution in [3.8, 4) is 17.6 Å². The summed E-state index contributed by atoms with van der Waals surface area (Å²) in [5.41, 5.74) is 1.86. The summed E-state index contributed by atoms with van der Waals surface area (Å²) < 4.78 is 35.2. The summed E-state index contributed by atoms with van der Waals surface area (Å²) in [6, 6.07) is 28.8. The van der Waals surface area contributed by atoms with E-state index in [2.05, 4.69) is 95.0 Å². The Morgan fingerprint density at radius 3 is 2.08 bits per heavy atom. The van der Waals surface area contributed by atoms with Crippen LogP contribution in [-0.4, -0.2) is 93.7 Å². The van der Waals surface area contributed by atoms with Gasteiger partial charge < -0.3 is 23.3 Å². The van der Waals surface area contributed by atoms with Gasteiger partial charge in [0.2, 0.25) is 11.9 Å². The minimum absolute atomic E-state index is 0.0122. The van der Waals surface area contributed by atoms with Crippen LogP contribution >= 0.6 is 8.53 Å². The number of amides is 1. The minimum Gasteiger partial charge on any atom is -0.497 e. The number of hydrogen-bond acceptors (Lipinski definition) is 12. The zero-order chi connectivity index (χ0) is 43.0. The van der Waals surface area contributed by atoms with Crippen molar-refractivity contribution in [2.45, 2.75) is 77.9 Å². The molecule has 1 aliphatic heterocycles. The number of aromatic amines is 1. The van der Waals surface area contributed by atoms with Gasteiger partial charge in [-0.3, -0.25) is 29.4 Å². The minimum atomic E-state index is -1.60. The number of carbonyl (C=O) groups is 1. The standard InChI is InChI=1S/C44H55N8O7P/c1-29(2)41(53)48-43-47-40-39(42(54)49-43)46-28-51(40)38-26-50(25-37(59-38)27-58-60(57-24-12-23-45)52(30(3)4)31(5)6)44(32-13-10-9-11-14-32,33-15-19-35(55-7)20-16-33)34-17-21-36(56-8)22-18-34/h9-11,13-22,28-31,37-38H,12,24-27H2,1-8H3,(H2,47,48,49,53,54)/t37-,38+,60?/m0/s1. The largest absolute Gasteiger partial charge is 0.497 e. The number of H-pyrrole nitrogens is 1. The number of anilines is 1. The SMILES string of the molecule is COc1ccc(C(c2ccccc2)(c2ccc(OC)cc2)N2C[C@@H](COP(OCCC#N)N(C(C)C)C(C)C)O[C@@H](n3cnc4c(=O)[nH]c(NC(=O)C(C)C)nc43)C2)cc1. The number of morpholine rings is 1. The van der Waals surface area contributed by atoms with Crippen molar-refractivity contribution in [1.82, 2.24) is 29.1 Å². The molecule has 2 aromatic heterocycles. The summed E-state index contributed by atoms with van der Waals surface area (Å²) in [5.74, 6) is 0.808. The van der Waals surface area contributed by atoms with Crippen molar-refractivity contribution in [1.29, 1.82) is 5.26 Å². The molecule has 0 aliphatic carbocycles. The van der Waals surface area contributed by atoms with Crippen molar-refractivity contribution in [2.75, 3.05) is 45.8 Å². The summed E-state index contributed by atoms with van der Waals surface area (Å²) in [6.07, 6.45) is 0.463. The number of nitrogens with one attached hydrogen (secondary N) is 2. The molecule has 1 aliphatic rings. The van der Waals surface area contributed by atoms with E-state index in [-0.39, 0.29) is 60.7 Å². The predicted molar refractivity (Wildman–Crippen MR) is 231 cm³/mol.